The van der Waals surface area contributed by atoms with Gasteiger partial charge in [0.2, 0.25) is 5.91 Å². The van der Waals surface area contributed by atoms with Crippen molar-refractivity contribution in [2.45, 2.75) is 12.6 Å². The monoisotopic (exact) mass is 285 g/mol. The van der Waals surface area contributed by atoms with Gasteiger partial charge in [-0.2, -0.15) is 0 Å². The summed E-state index contributed by atoms with van der Waals surface area (Å²) in [5.74, 6) is -0.702. The van der Waals surface area contributed by atoms with Crippen molar-refractivity contribution < 1.29 is 14.0 Å². The molecule has 1 aromatic rings. The van der Waals surface area contributed by atoms with Crippen LogP contribution in [-0.2, 0) is 11.3 Å². The van der Waals surface area contributed by atoms with E-state index in [4.69, 9.17) is 11.6 Å². The van der Waals surface area contributed by atoms with Crippen molar-refractivity contribution in [1.29, 1.82) is 0 Å². The largest absolute Gasteiger partial charge is 0.350 e. The maximum absolute atomic E-state index is 12.9. The zero-order valence-corrected chi connectivity index (χ0v) is 11.0. The third-order valence-electron chi connectivity index (χ3n) is 3.01. The van der Waals surface area contributed by atoms with E-state index in [2.05, 4.69) is 10.6 Å². The Bertz CT molecular complexity index is 524. The first kappa shape index (κ1) is 13.6. The van der Waals surface area contributed by atoms with E-state index in [0.717, 1.165) is 0 Å². The van der Waals surface area contributed by atoms with E-state index < -0.39 is 11.9 Å². The molecule has 5 nitrogen and oxygen atoms in total. The molecule has 7 heteroatoms. The van der Waals surface area contributed by atoms with Crippen LogP contribution in [-0.4, -0.2) is 36.5 Å². The van der Waals surface area contributed by atoms with E-state index in [1.54, 1.807) is 7.05 Å². The quantitative estimate of drug-likeness (QED) is 0.874. The zero-order chi connectivity index (χ0) is 14.0. The van der Waals surface area contributed by atoms with E-state index in [-0.39, 0.29) is 30.1 Å². The number of likely N-dealkylation sites (N-methyl/N-ethyl adjacent to an activating group) is 1. The van der Waals surface area contributed by atoms with Gasteiger partial charge < -0.3 is 15.5 Å². The summed E-state index contributed by atoms with van der Waals surface area (Å²) in [5, 5.41) is 5.50. The second kappa shape index (κ2) is 5.44. The van der Waals surface area contributed by atoms with E-state index in [1.807, 2.05) is 0 Å². The second-order valence-electron chi connectivity index (χ2n) is 4.27. The fourth-order valence-corrected chi connectivity index (χ4v) is 2.05. The second-order valence-corrected chi connectivity index (χ2v) is 4.67. The number of carbonyl (C=O) groups excluding carboxylic acids is 2. The third kappa shape index (κ3) is 2.96. The molecule has 2 rings (SSSR count). The van der Waals surface area contributed by atoms with Crippen LogP contribution in [0.15, 0.2) is 18.2 Å². The van der Waals surface area contributed by atoms with E-state index in [0.29, 0.717) is 5.56 Å². The van der Waals surface area contributed by atoms with Gasteiger partial charge >= 0.3 is 6.03 Å². The Balaban J connectivity index is 1.95. The van der Waals surface area contributed by atoms with Crippen LogP contribution >= 0.6 is 11.6 Å². The van der Waals surface area contributed by atoms with Crippen molar-refractivity contribution in [2.75, 3.05) is 13.6 Å². The van der Waals surface area contributed by atoms with Gasteiger partial charge in [-0.3, -0.25) is 4.79 Å². The van der Waals surface area contributed by atoms with E-state index in [1.165, 1.54) is 23.1 Å². The van der Waals surface area contributed by atoms with Crippen molar-refractivity contribution in [1.82, 2.24) is 15.5 Å². The molecule has 3 amide bonds. The van der Waals surface area contributed by atoms with Crippen LogP contribution in [0.25, 0.3) is 0 Å². The van der Waals surface area contributed by atoms with Gasteiger partial charge in [-0.25, -0.2) is 9.18 Å². The molecular formula is C12H13ClFN3O2. The van der Waals surface area contributed by atoms with Gasteiger partial charge in [0.05, 0.1) is 0 Å². The highest BCUT2D eigenvalue weighted by atomic mass is 35.5. The topological polar surface area (TPSA) is 61.4 Å². The molecule has 19 heavy (non-hydrogen) atoms. The minimum Gasteiger partial charge on any atom is -0.350 e. The number of hydrogen-bond donors (Lipinski definition) is 2. The normalized spacial score (nSPS) is 18.4. The maximum Gasteiger partial charge on any atom is 0.317 e. The molecule has 2 N–H and O–H groups in total. The number of nitrogens with one attached hydrogen (secondary N) is 2. The maximum atomic E-state index is 12.9. The molecule has 1 aromatic carbocycles. The first-order valence-electron chi connectivity index (χ1n) is 5.71. The van der Waals surface area contributed by atoms with Crippen LogP contribution in [0.1, 0.15) is 5.56 Å². The third-order valence-corrected chi connectivity index (χ3v) is 3.36. The summed E-state index contributed by atoms with van der Waals surface area (Å²) < 4.78 is 12.9. The summed E-state index contributed by atoms with van der Waals surface area (Å²) in [6.45, 7) is 0.467. The van der Waals surface area contributed by atoms with Crippen LogP contribution in [0.2, 0.25) is 5.02 Å². The molecule has 1 saturated heterocycles. The molecular weight excluding hydrogens is 273 g/mol. The molecule has 1 aliphatic rings. The Morgan fingerprint density at radius 3 is 2.95 bits per heavy atom. The molecule has 1 atom stereocenters. The number of halogens is 2. The van der Waals surface area contributed by atoms with Gasteiger partial charge in [0.1, 0.15) is 11.9 Å². The number of benzene rings is 1. The Labute approximate surface area is 114 Å². The summed E-state index contributed by atoms with van der Waals surface area (Å²) in [6.07, 6.45) is 0. The van der Waals surface area contributed by atoms with Gasteiger partial charge in [-0.05, 0) is 17.7 Å². The Hall–Kier alpha value is -1.82. The van der Waals surface area contributed by atoms with Crippen LogP contribution in [0.4, 0.5) is 9.18 Å². The molecule has 0 aromatic heterocycles. The SMILES string of the molecule is CN1C(=O)NC[C@H]1C(=O)NCc1ccc(F)cc1Cl. The fourth-order valence-electron chi connectivity index (χ4n) is 1.82. The molecule has 0 spiro atoms. The van der Waals surface area contributed by atoms with Crippen LogP contribution in [0, 0.1) is 5.82 Å². The predicted octanol–water partition coefficient (Wildman–Crippen LogP) is 1.12. The zero-order valence-electron chi connectivity index (χ0n) is 10.2. The number of amides is 3. The lowest BCUT2D eigenvalue weighted by atomic mass is 10.2. The summed E-state index contributed by atoms with van der Waals surface area (Å²) in [4.78, 5) is 24.5. The van der Waals surface area contributed by atoms with Gasteiger partial charge in [0, 0.05) is 25.2 Å². The molecule has 0 saturated carbocycles. The predicted molar refractivity (Wildman–Crippen MR) is 68.2 cm³/mol. The number of nitrogens with zero attached hydrogens (tertiary/aromatic N) is 1. The lowest BCUT2D eigenvalue weighted by Gasteiger charge is -2.17. The number of urea groups is 1. The standard InChI is InChI=1S/C12H13ClFN3O2/c1-17-10(6-16-12(17)19)11(18)15-5-7-2-3-8(14)4-9(7)13/h2-4,10H,5-6H2,1H3,(H,15,18)(H,16,19)/t10-/m0/s1. The summed E-state index contributed by atoms with van der Waals surface area (Å²) >= 11 is 5.86. The van der Waals surface area contributed by atoms with Gasteiger partial charge in [-0.1, -0.05) is 17.7 Å². The van der Waals surface area contributed by atoms with Gasteiger partial charge in [0.15, 0.2) is 0 Å². The minimum atomic E-state index is -0.535. The molecule has 1 fully saturated rings. The van der Waals surface area contributed by atoms with Gasteiger partial charge in [0.25, 0.3) is 0 Å². The molecule has 0 aliphatic carbocycles. The highest BCUT2D eigenvalue weighted by Crippen LogP contribution is 2.17. The molecule has 1 heterocycles. The first-order chi connectivity index (χ1) is 8.99. The highest BCUT2D eigenvalue weighted by Gasteiger charge is 2.32. The number of rotatable bonds is 3. The summed E-state index contributed by atoms with van der Waals surface area (Å²) in [5.41, 5.74) is 0.622. The summed E-state index contributed by atoms with van der Waals surface area (Å²) in [6, 6.07) is 3.17. The average molecular weight is 286 g/mol. The van der Waals surface area contributed by atoms with E-state index >= 15 is 0 Å². The molecule has 0 radical (unpaired) electrons. The van der Waals surface area contributed by atoms with Crippen molar-refractivity contribution >= 4 is 23.5 Å². The Morgan fingerprint density at radius 2 is 2.37 bits per heavy atom. The number of carbonyl (C=O) groups is 2. The van der Waals surface area contributed by atoms with Crippen LogP contribution in [0.3, 0.4) is 0 Å². The smallest absolute Gasteiger partial charge is 0.317 e. The Kier molecular flexibility index (Phi) is 3.90. The average Bonchev–Trinajstić information content (AvgIpc) is 2.69. The highest BCUT2D eigenvalue weighted by molar-refractivity contribution is 6.31. The van der Waals surface area contributed by atoms with Crippen molar-refractivity contribution in [3.63, 3.8) is 0 Å². The Morgan fingerprint density at radius 1 is 1.63 bits per heavy atom. The number of hydrogen-bond acceptors (Lipinski definition) is 2. The first-order valence-corrected chi connectivity index (χ1v) is 6.09. The minimum absolute atomic E-state index is 0.191. The van der Waals surface area contributed by atoms with Crippen molar-refractivity contribution in [3.05, 3.63) is 34.6 Å². The fraction of sp³-hybridized carbons (Fsp3) is 0.333. The molecule has 102 valence electrons. The molecule has 0 unspecified atom stereocenters. The van der Waals surface area contributed by atoms with Crippen molar-refractivity contribution in [2.24, 2.45) is 0 Å². The lowest BCUT2D eigenvalue weighted by molar-refractivity contribution is -0.124. The lowest BCUT2D eigenvalue weighted by Crippen LogP contribution is -2.43. The molecule has 0 bridgehead atoms. The van der Waals surface area contributed by atoms with Crippen LogP contribution < -0.4 is 10.6 Å². The van der Waals surface area contributed by atoms with Crippen molar-refractivity contribution in [3.8, 4) is 0 Å². The van der Waals surface area contributed by atoms with E-state index in [9.17, 15) is 14.0 Å². The van der Waals surface area contributed by atoms with Crippen LogP contribution in [0.5, 0.6) is 0 Å². The van der Waals surface area contributed by atoms with Gasteiger partial charge in [-0.15, -0.1) is 0 Å². The summed E-state index contributed by atoms with van der Waals surface area (Å²) in [7, 11) is 1.55. The molecule has 1 aliphatic heterocycles.